The molecule has 144 valence electrons. The quantitative estimate of drug-likeness (QED) is 0.840. The van der Waals surface area contributed by atoms with E-state index in [0.29, 0.717) is 22.0 Å². The third-order valence-electron chi connectivity index (χ3n) is 5.03. The highest BCUT2D eigenvalue weighted by Crippen LogP contribution is 2.30. The number of rotatable bonds is 5. The first kappa shape index (κ1) is 19.5. The van der Waals surface area contributed by atoms with Crippen LogP contribution in [0.5, 0.6) is 5.75 Å². The zero-order valence-corrected chi connectivity index (χ0v) is 16.8. The molecule has 1 aliphatic rings. The largest absolute Gasteiger partial charge is 0.496 e. The van der Waals surface area contributed by atoms with E-state index in [1.54, 1.807) is 13.2 Å². The summed E-state index contributed by atoms with van der Waals surface area (Å²) >= 11 is 6.51. The number of ether oxygens (including phenoxy) is 1. The molecular weight excluding hydrogens is 362 g/mol. The number of carbonyl (C=O) groups excluding carboxylic acids is 1. The van der Waals surface area contributed by atoms with Crippen molar-refractivity contribution in [2.45, 2.75) is 13.8 Å². The van der Waals surface area contributed by atoms with Crippen LogP contribution in [-0.2, 0) is 0 Å². The van der Waals surface area contributed by atoms with Gasteiger partial charge in [0.25, 0.3) is 5.91 Å². The van der Waals surface area contributed by atoms with Gasteiger partial charge in [-0.1, -0.05) is 30.7 Å². The number of carbonyl (C=O) groups is 1. The Morgan fingerprint density at radius 3 is 2.56 bits per heavy atom. The highest BCUT2D eigenvalue weighted by molar-refractivity contribution is 6.33. The molecule has 0 aliphatic carbocycles. The van der Waals surface area contributed by atoms with Gasteiger partial charge in [0.05, 0.1) is 23.4 Å². The zero-order valence-electron chi connectivity index (χ0n) is 16.1. The number of halogens is 1. The number of methoxy groups -OCH3 is 1. The van der Waals surface area contributed by atoms with E-state index in [-0.39, 0.29) is 5.91 Å². The van der Waals surface area contributed by atoms with Crippen molar-refractivity contribution in [1.82, 2.24) is 4.90 Å². The van der Waals surface area contributed by atoms with Gasteiger partial charge in [0, 0.05) is 31.9 Å². The highest BCUT2D eigenvalue weighted by atomic mass is 35.5. The molecule has 0 radical (unpaired) electrons. The van der Waals surface area contributed by atoms with Crippen molar-refractivity contribution in [1.29, 1.82) is 0 Å². The Hall–Kier alpha value is -2.24. The van der Waals surface area contributed by atoms with Crippen LogP contribution >= 0.6 is 11.6 Å². The predicted octanol–water partition coefficient (Wildman–Crippen LogP) is 4.05. The standard InChI is InChI=1S/C21H26ClN3O2/c1-4-24-10-12-25(13-11-24)19-9-8-16(14-18(19)22)23-21(26)17-7-5-6-15(2)20(17)27-3/h5-9,14H,4,10-13H2,1-3H3,(H,23,26). The van der Waals surface area contributed by atoms with E-state index < -0.39 is 0 Å². The number of hydrogen-bond acceptors (Lipinski definition) is 4. The van der Waals surface area contributed by atoms with Gasteiger partial charge in [-0.2, -0.15) is 0 Å². The molecule has 3 rings (SSSR count). The Kier molecular flexibility index (Phi) is 6.24. The zero-order chi connectivity index (χ0) is 19.4. The van der Waals surface area contributed by atoms with E-state index >= 15 is 0 Å². The van der Waals surface area contributed by atoms with Gasteiger partial charge >= 0.3 is 0 Å². The van der Waals surface area contributed by atoms with Crippen molar-refractivity contribution in [3.05, 3.63) is 52.5 Å². The molecular formula is C21H26ClN3O2. The lowest BCUT2D eigenvalue weighted by Gasteiger charge is -2.36. The minimum absolute atomic E-state index is 0.212. The Balaban J connectivity index is 1.73. The Bertz CT molecular complexity index is 817. The van der Waals surface area contributed by atoms with Gasteiger partial charge in [-0.05, 0) is 43.3 Å². The molecule has 1 aliphatic heterocycles. The molecule has 1 amide bonds. The summed E-state index contributed by atoms with van der Waals surface area (Å²) in [5.74, 6) is 0.377. The van der Waals surface area contributed by atoms with Gasteiger partial charge in [0.15, 0.2) is 0 Å². The summed E-state index contributed by atoms with van der Waals surface area (Å²) < 4.78 is 5.38. The predicted molar refractivity (Wildman–Crippen MR) is 111 cm³/mol. The number of amides is 1. The average molecular weight is 388 g/mol. The highest BCUT2D eigenvalue weighted by Gasteiger charge is 2.19. The van der Waals surface area contributed by atoms with Crippen LogP contribution in [-0.4, -0.2) is 50.6 Å². The molecule has 0 saturated carbocycles. The van der Waals surface area contributed by atoms with Gasteiger partial charge < -0.3 is 19.9 Å². The molecule has 0 unspecified atom stereocenters. The second kappa shape index (κ2) is 8.63. The Labute approximate surface area is 165 Å². The Morgan fingerprint density at radius 1 is 1.19 bits per heavy atom. The van der Waals surface area contributed by atoms with Crippen LogP contribution in [0.1, 0.15) is 22.8 Å². The van der Waals surface area contributed by atoms with E-state index in [4.69, 9.17) is 16.3 Å². The molecule has 0 spiro atoms. The number of nitrogens with one attached hydrogen (secondary N) is 1. The van der Waals surface area contributed by atoms with Crippen LogP contribution in [0, 0.1) is 6.92 Å². The van der Waals surface area contributed by atoms with E-state index in [9.17, 15) is 4.79 Å². The first-order valence-corrected chi connectivity index (χ1v) is 9.63. The SMILES string of the molecule is CCN1CCN(c2ccc(NC(=O)c3cccc(C)c3OC)cc2Cl)CC1. The molecule has 27 heavy (non-hydrogen) atoms. The molecule has 2 aromatic carbocycles. The molecule has 1 saturated heterocycles. The van der Waals surface area contributed by atoms with Crippen molar-refractivity contribution in [3.63, 3.8) is 0 Å². The van der Waals surface area contributed by atoms with Crippen LogP contribution in [0.2, 0.25) is 5.02 Å². The number of hydrogen-bond donors (Lipinski definition) is 1. The van der Waals surface area contributed by atoms with Crippen LogP contribution < -0.4 is 15.0 Å². The van der Waals surface area contributed by atoms with E-state index in [1.165, 1.54) is 0 Å². The van der Waals surface area contributed by atoms with E-state index in [0.717, 1.165) is 44.0 Å². The molecule has 6 heteroatoms. The molecule has 5 nitrogen and oxygen atoms in total. The smallest absolute Gasteiger partial charge is 0.259 e. The molecule has 0 atom stereocenters. The Morgan fingerprint density at radius 2 is 1.93 bits per heavy atom. The maximum absolute atomic E-state index is 12.7. The number of likely N-dealkylation sites (N-methyl/N-ethyl adjacent to an activating group) is 1. The van der Waals surface area contributed by atoms with Crippen LogP contribution in [0.4, 0.5) is 11.4 Å². The number of benzene rings is 2. The summed E-state index contributed by atoms with van der Waals surface area (Å²) in [5, 5.41) is 3.56. The monoisotopic (exact) mass is 387 g/mol. The summed E-state index contributed by atoms with van der Waals surface area (Å²) in [6.45, 7) is 9.17. The third kappa shape index (κ3) is 4.37. The number of anilines is 2. The van der Waals surface area contributed by atoms with E-state index in [1.807, 2.05) is 37.3 Å². The van der Waals surface area contributed by atoms with Crippen LogP contribution in [0.3, 0.4) is 0 Å². The summed E-state index contributed by atoms with van der Waals surface area (Å²) in [6.07, 6.45) is 0. The minimum Gasteiger partial charge on any atom is -0.496 e. The van der Waals surface area contributed by atoms with Gasteiger partial charge in [-0.3, -0.25) is 4.79 Å². The molecule has 0 aromatic heterocycles. The summed E-state index contributed by atoms with van der Waals surface area (Å²) in [7, 11) is 1.57. The summed E-state index contributed by atoms with van der Waals surface area (Å²) in [4.78, 5) is 17.4. The fraction of sp³-hybridized carbons (Fsp3) is 0.381. The van der Waals surface area contributed by atoms with Crippen molar-refractivity contribution in [2.75, 3.05) is 50.1 Å². The summed E-state index contributed by atoms with van der Waals surface area (Å²) in [5.41, 5.74) is 3.11. The van der Waals surface area contributed by atoms with Crippen LogP contribution in [0.25, 0.3) is 0 Å². The number of para-hydroxylation sites is 1. The van der Waals surface area contributed by atoms with Crippen molar-refractivity contribution < 1.29 is 9.53 Å². The number of nitrogens with zero attached hydrogens (tertiary/aromatic N) is 2. The average Bonchev–Trinajstić information content (AvgIpc) is 2.68. The normalized spacial score (nSPS) is 14.9. The first-order chi connectivity index (χ1) is 13.0. The maximum Gasteiger partial charge on any atom is 0.259 e. The maximum atomic E-state index is 12.7. The number of piperazine rings is 1. The third-order valence-corrected chi connectivity index (χ3v) is 5.33. The van der Waals surface area contributed by atoms with Crippen LogP contribution in [0.15, 0.2) is 36.4 Å². The molecule has 1 N–H and O–H groups in total. The first-order valence-electron chi connectivity index (χ1n) is 9.25. The lowest BCUT2D eigenvalue weighted by Crippen LogP contribution is -2.46. The number of aryl methyl sites for hydroxylation is 1. The van der Waals surface area contributed by atoms with Crippen molar-refractivity contribution in [3.8, 4) is 5.75 Å². The van der Waals surface area contributed by atoms with Gasteiger partial charge in [-0.15, -0.1) is 0 Å². The van der Waals surface area contributed by atoms with Gasteiger partial charge in [-0.25, -0.2) is 0 Å². The lowest BCUT2D eigenvalue weighted by molar-refractivity contribution is 0.102. The second-order valence-corrected chi connectivity index (χ2v) is 7.10. The fourth-order valence-corrected chi connectivity index (χ4v) is 3.75. The minimum atomic E-state index is -0.212. The van der Waals surface area contributed by atoms with Gasteiger partial charge in [0.1, 0.15) is 5.75 Å². The molecule has 1 heterocycles. The van der Waals surface area contributed by atoms with Crippen molar-refractivity contribution in [2.24, 2.45) is 0 Å². The second-order valence-electron chi connectivity index (χ2n) is 6.70. The molecule has 2 aromatic rings. The van der Waals surface area contributed by atoms with Gasteiger partial charge in [0.2, 0.25) is 0 Å². The molecule has 1 fully saturated rings. The van der Waals surface area contributed by atoms with Crippen molar-refractivity contribution >= 4 is 28.9 Å². The molecule has 0 bridgehead atoms. The topological polar surface area (TPSA) is 44.8 Å². The van der Waals surface area contributed by atoms with E-state index in [2.05, 4.69) is 22.0 Å². The summed E-state index contributed by atoms with van der Waals surface area (Å²) in [6, 6.07) is 11.2. The fourth-order valence-electron chi connectivity index (χ4n) is 3.45. The lowest BCUT2D eigenvalue weighted by atomic mass is 10.1.